The van der Waals surface area contributed by atoms with Gasteiger partial charge in [0, 0.05) is 23.9 Å². The molecule has 5 atom stereocenters. The molecule has 0 bridgehead atoms. The standard InChI is InChI=1S/C22H31IO6/c1-15-3-6-18(9-10-26-14-16-4-7-17(25-2)8-5-16)27-21(15)12-19-11-20(13-23)29-22(24)28-19/h4-5,7-8,15,18-21H,3,6,9-14H2,1-2H3/t15-,18-,19-,20+,21+/m0/s1. The Kier molecular flexibility index (Phi) is 8.86. The minimum Gasteiger partial charge on any atom is -0.497 e. The average molecular weight is 518 g/mol. The van der Waals surface area contributed by atoms with Crippen molar-refractivity contribution in [1.29, 1.82) is 0 Å². The van der Waals surface area contributed by atoms with Crippen molar-refractivity contribution < 1.29 is 28.5 Å². The Hall–Kier alpha value is -1.06. The van der Waals surface area contributed by atoms with Gasteiger partial charge in [-0.3, -0.25) is 0 Å². The van der Waals surface area contributed by atoms with Crippen LogP contribution in [0.25, 0.3) is 0 Å². The second kappa shape index (κ2) is 11.4. The number of carbonyl (C=O) groups excluding carboxylic acids is 1. The molecule has 3 rings (SSSR count). The molecule has 6 nitrogen and oxygen atoms in total. The maximum absolute atomic E-state index is 11.6. The van der Waals surface area contributed by atoms with Crippen LogP contribution in [0.15, 0.2) is 24.3 Å². The summed E-state index contributed by atoms with van der Waals surface area (Å²) in [6.07, 6.45) is 4.14. The lowest BCUT2D eigenvalue weighted by atomic mass is 9.88. The van der Waals surface area contributed by atoms with Crippen LogP contribution in [0.5, 0.6) is 5.75 Å². The van der Waals surface area contributed by atoms with Crippen LogP contribution in [-0.4, -0.2) is 48.7 Å². The van der Waals surface area contributed by atoms with Crippen LogP contribution < -0.4 is 4.74 Å². The normalized spacial score (nSPS) is 29.8. The number of hydrogen-bond acceptors (Lipinski definition) is 6. The van der Waals surface area contributed by atoms with Crippen molar-refractivity contribution in [2.45, 2.75) is 70.1 Å². The molecule has 0 unspecified atom stereocenters. The molecule has 2 aliphatic heterocycles. The van der Waals surface area contributed by atoms with Crippen molar-refractivity contribution in [3.05, 3.63) is 29.8 Å². The fraction of sp³-hybridized carbons (Fsp3) is 0.682. The number of alkyl halides is 1. The second-order valence-corrected chi connectivity index (χ2v) is 8.78. The molecule has 162 valence electrons. The minimum atomic E-state index is -0.546. The van der Waals surface area contributed by atoms with Gasteiger partial charge in [0.2, 0.25) is 0 Å². The minimum absolute atomic E-state index is 0.0529. The van der Waals surface area contributed by atoms with Gasteiger partial charge in [-0.1, -0.05) is 41.6 Å². The van der Waals surface area contributed by atoms with E-state index >= 15 is 0 Å². The third-order valence-corrected chi connectivity index (χ3v) is 6.66. The van der Waals surface area contributed by atoms with E-state index in [9.17, 15) is 4.79 Å². The SMILES string of the molecule is COc1ccc(COCC[C@@H]2CC[C@H](C)[C@@H](C[C@@H]3C[C@H](CI)OC(=O)O3)O2)cc1. The van der Waals surface area contributed by atoms with Crippen molar-refractivity contribution in [1.82, 2.24) is 0 Å². The lowest BCUT2D eigenvalue weighted by molar-refractivity contribution is -0.121. The summed E-state index contributed by atoms with van der Waals surface area (Å²) >= 11 is 2.25. The lowest BCUT2D eigenvalue weighted by Gasteiger charge is -2.38. The van der Waals surface area contributed by atoms with Crippen molar-refractivity contribution in [3.8, 4) is 5.75 Å². The van der Waals surface area contributed by atoms with E-state index in [0.717, 1.165) is 47.8 Å². The molecule has 2 saturated heterocycles. The molecule has 1 aromatic rings. The van der Waals surface area contributed by atoms with Crippen LogP contribution in [0.3, 0.4) is 0 Å². The zero-order valence-corrected chi connectivity index (χ0v) is 19.3. The topological polar surface area (TPSA) is 63.2 Å². The predicted octanol–water partition coefficient (Wildman–Crippen LogP) is 4.90. The van der Waals surface area contributed by atoms with Gasteiger partial charge < -0.3 is 23.7 Å². The number of carbonyl (C=O) groups is 1. The van der Waals surface area contributed by atoms with Crippen LogP contribution >= 0.6 is 22.6 Å². The van der Waals surface area contributed by atoms with E-state index in [1.165, 1.54) is 0 Å². The fourth-order valence-electron chi connectivity index (χ4n) is 3.90. The Labute approximate surface area is 186 Å². The number of methoxy groups -OCH3 is 1. The highest BCUT2D eigenvalue weighted by molar-refractivity contribution is 14.1. The van der Waals surface area contributed by atoms with Gasteiger partial charge in [0.15, 0.2) is 0 Å². The summed E-state index contributed by atoms with van der Waals surface area (Å²) in [5, 5.41) is 0. The molecule has 29 heavy (non-hydrogen) atoms. The fourth-order valence-corrected chi connectivity index (χ4v) is 4.44. The van der Waals surface area contributed by atoms with E-state index in [2.05, 4.69) is 29.5 Å². The van der Waals surface area contributed by atoms with Crippen LogP contribution in [0, 0.1) is 5.92 Å². The highest BCUT2D eigenvalue weighted by Gasteiger charge is 2.35. The second-order valence-electron chi connectivity index (χ2n) is 7.90. The molecule has 0 amide bonds. The van der Waals surface area contributed by atoms with Crippen LogP contribution in [0.2, 0.25) is 0 Å². The van der Waals surface area contributed by atoms with Gasteiger partial charge in [0.1, 0.15) is 18.0 Å². The molecule has 0 spiro atoms. The van der Waals surface area contributed by atoms with E-state index in [1.54, 1.807) is 7.11 Å². The van der Waals surface area contributed by atoms with Crippen molar-refractivity contribution in [2.24, 2.45) is 5.92 Å². The number of hydrogen-bond donors (Lipinski definition) is 0. The monoisotopic (exact) mass is 518 g/mol. The Morgan fingerprint density at radius 2 is 1.86 bits per heavy atom. The molecule has 0 aromatic heterocycles. The molecule has 0 radical (unpaired) electrons. The quantitative estimate of drug-likeness (QED) is 0.201. The molecule has 0 aliphatic carbocycles. The van der Waals surface area contributed by atoms with Crippen molar-refractivity contribution in [2.75, 3.05) is 18.1 Å². The molecular formula is C22H31IO6. The Balaban J connectivity index is 1.40. The summed E-state index contributed by atoms with van der Waals surface area (Å²) in [6, 6.07) is 7.93. The van der Waals surface area contributed by atoms with Gasteiger partial charge in [0.25, 0.3) is 0 Å². The summed E-state index contributed by atoms with van der Waals surface area (Å²) in [5.41, 5.74) is 1.13. The van der Waals surface area contributed by atoms with Gasteiger partial charge in [-0.2, -0.15) is 0 Å². The molecule has 0 saturated carbocycles. The Morgan fingerprint density at radius 3 is 2.59 bits per heavy atom. The van der Waals surface area contributed by atoms with Crippen LogP contribution in [-0.2, 0) is 25.6 Å². The maximum atomic E-state index is 11.6. The molecule has 2 heterocycles. The molecule has 2 aliphatic rings. The summed E-state index contributed by atoms with van der Waals surface area (Å²) in [6.45, 7) is 3.48. The number of ether oxygens (including phenoxy) is 5. The maximum Gasteiger partial charge on any atom is 0.508 e. The number of rotatable bonds is 9. The van der Waals surface area contributed by atoms with Crippen molar-refractivity contribution >= 4 is 28.7 Å². The lowest BCUT2D eigenvalue weighted by Crippen LogP contribution is -2.41. The van der Waals surface area contributed by atoms with E-state index in [1.807, 2.05) is 24.3 Å². The highest BCUT2D eigenvalue weighted by Crippen LogP contribution is 2.32. The van der Waals surface area contributed by atoms with Gasteiger partial charge >= 0.3 is 6.16 Å². The van der Waals surface area contributed by atoms with E-state index in [-0.39, 0.29) is 24.4 Å². The number of cyclic esters (lactones) is 2. The van der Waals surface area contributed by atoms with Crippen LogP contribution in [0.4, 0.5) is 4.79 Å². The summed E-state index contributed by atoms with van der Waals surface area (Å²) in [7, 11) is 1.66. The van der Waals surface area contributed by atoms with E-state index < -0.39 is 6.16 Å². The first-order chi connectivity index (χ1) is 14.1. The first kappa shape index (κ1) is 22.6. The predicted molar refractivity (Wildman–Crippen MR) is 118 cm³/mol. The van der Waals surface area contributed by atoms with E-state index in [4.69, 9.17) is 23.7 Å². The van der Waals surface area contributed by atoms with Crippen LogP contribution in [0.1, 0.15) is 44.6 Å². The molecular weight excluding hydrogens is 487 g/mol. The molecule has 0 N–H and O–H groups in total. The van der Waals surface area contributed by atoms with E-state index in [0.29, 0.717) is 19.1 Å². The first-order valence-corrected chi connectivity index (χ1v) is 11.9. The zero-order valence-electron chi connectivity index (χ0n) is 17.2. The largest absolute Gasteiger partial charge is 0.508 e. The number of benzene rings is 1. The van der Waals surface area contributed by atoms with Crippen molar-refractivity contribution in [3.63, 3.8) is 0 Å². The summed E-state index contributed by atoms with van der Waals surface area (Å²) in [4.78, 5) is 11.6. The summed E-state index contributed by atoms with van der Waals surface area (Å²) in [5.74, 6) is 1.32. The van der Waals surface area contributed by atoms with Gasteiger partial charge in [0.05, 0.1) is 25.9 Å². The highest BCUT2D eigenvalue weighted by atomic mass is 127. The average Bonchev–Trinajstić information content (AvgIpc) is 2.73. The molecule has 1 aromatic carbocycles. The molecule has 2 fully saturated rings. The van der Waals surface area contributed by atoms with Gasteiger partial charge in [-0.05, 0) is 42.9 Å². The first-order valence-electron chi connectivity index (χ1n) is 10.4. The third kappa shape index (κ3) is 7.00. The smallest absolute Gasteiger partial charge is 0.497 e. The zero-order chi connectivity index (χ0) is 20.6. The third-order valence-electron chi connectivity index (χ3n) is 5.68. The van der Waals surface area contributed by atoms with Gasteiger partial charge in [-0.15, -0.1) is 0 Å². The summed E-state index contributed by atoms with van der Waals surface area (Å²) < 4.78 is 28.7. The van der Waals surface area contributed by atoms with Gasteiger partial charge in [-0.25, -0.2) is 4.79 Å². The molecule has 7 heteroatoms. The number of halogens is 1. The Morgan fingerprint density at radius 1 is 1.10 bits per heavy atom. The Bertz CT molecular complexity index is 637.